The first-order valence-electron chi connectivity index (χ1n) is 8.34. The predicted molar refractivity (Wildman–Crippen MR) is 83.9 cm³/mol. The quantitative estimate of drug-likeness (QED) is 0.762. The monoisotopic (exact) mass is 297 g/mol. The molecule has 2 aliphatic heterocycles. The predicted octanol–water partition coefficient (Wildman–Crippen LogP) is 0.836. The summed E-state index contributed by atoms with van der Waals surface area (Å²) in [5, 5.41) is 3.16. The van der Waals surface area contributed by atoms with E-state index in [1.165, 1.54) is 6.42 Å². The molecule has 1 unspecified atom stereocenters. The first-order chi connectivity index (χ1) is 10.1. The second-order valence-electron chi connectivity index (χ2n) is 7.11. The highest BCUT2D eigenvalue weighted by Gasteiger charge is 2.39. The van der Waals surface area contributed by atoms with Gasteiger partial charge in [-0.3, -0.25) is 4.79 Å². The molecule has 2 fully saturated rings. The maximum atomic E-state index is 12.5. The Hall–Kier alpha value is -0.650. The average molecular weight is 297 g/mol. The highest BCUT2D eigenvalue weighted by Crippen LogP contribution is 2.29. The van der Waals surface area contributed by atoms with Gasteiger partial charge in [-0.05, 0) is 37.6 Å². The fraction of sp³-hybridized carbons (Fsp3) is 0.938. The molecule has 1 amide bonds. The Morgan fingerprint density at radius 1 is 1.43 bits per heavy atom. The van der Waals surface area contributed by atoms with Gasteiger partial charge in [0.25, 0.3) is 0 Å². The molecule has 0 bridgehead atoms. The number of nitrogens with two attached hydrogens (primary N) is 1. The van der Waals surface area contributed by atoms with Crippen molar-refractivity contribution in [3.8, 4) is 0 Å². The topological polar surface area (TPSA) is 67.6 Å². The molecule has 0 aromatic heterocycles. The van der Waals surface area contributed by atoms with Gasteiger partial charge in [0.2, 0.25) is 5.91 Å². The average Bonchev–Trinajstić information content (AvgIpc) is 2.92. The third-order valence-corrected chi connectivity index (χ3v) is 4.87. The molecule has 2 saturated heterocycles. The summed E-state index contributed by atoms with van der Waals surface area (Å²) in [6, 6.07) is 0. The van der Waals surface area contributed by atoms with E-state index >= 15 is 0 Å². The number of nitrogens with one attached hydrogen (secondary N) is 1. The van der Waals surface area contributed by atoms with Crippen LogP contribution in [0.4, 0.5) is 0 Å². The number of carbonyl (C=O) groups is 1. The Kier molecular flexibility index (Phi) is 6.02. The van der Waals surface area contributed by atoms with Gasteiger partial charge in [-0.2, -0.15) is 0 Å². The number of carbonyl (C=O) groups excluding carboxylic acids is 1. The van der Waals surface area contributed by atoms with Gasteiger partial charge in [-0.15, -0.1) is 0 Å². The van der Waals surface area contributed by atoms with Crippen LogP contribution in [0, 0.1) is 17.3 Å². The Labute approximate surface area is 128 Å². The molecule has 3 N–H and O–H groups in total. The van der Waals surface area contributed by atoms with E-state index in [9.17, 15) is 4.79 Å². The lowest BCUT2D eigenvalue weighted by atomic mass is 9.79. The summed E-state index contributed by atoms with van der Waals surface area (Å²) in [5.74, 6) is 1.43. The van der Waals surface area contributed by atoms with Gasteiger partial charge >= 0.3 is 0 Å². The van der Waals surface area contributed by atoms with Crippen molar-refractivity contribution in [2.24, 2.45) is 23.0 Å². The lowest BCUT2D eigenvalue weighted by Gasteiger charge is -2.34. The minimum atomic E-state index is -0.394. The van der Waals surface area contributed by atoms with E-state index < -0.39 is 5.41 Å². The molecule has 0 aromatic rings. The molecule has 1 atom stereocenters. The van der Waals surface area contributed by atoms with Crippen LogP contribution in [0.1, 0.15) is 33.1 Å². The molecule has 5 heteroatoms. The highest BCUT2D eigenvalue weighted by molar-refractivity contribution is 5.83. The first-order valence-corrected chi connectivity index (χ1v) is 8.34. The summed E-state index contributed by atoms with van der Waals surface area (Å²) in [7, 11) is 0. The standard InChI is InChI=1S/C16H31N3O2/c1-13(2)10-19-6-3-14(11-19)9-18-15(20)16(12-17)4-7-21-8-5-16/h13-14H,3-12,17H2,1-2H3,(H,18,20). The van der Waals surface area contributed by atoms with Gasteiger partial charge in [0, 0.05) is 39.4 Å². The van der Waals surface area contributed by atoms with Crippen molar-refractivity contribution in [3.63, 3.8) is 0 Å². The van der Waals surface area contributed by atoms with E-state index in [1.54, 1.807) is 0 Å². The number of nitrogens with zero attached hydrogens (tertiary/aromatic N) is 1. The Balaban J connectivity index is 1.76. The molecular weight excluding hydrogens is 266 g/mol. The van der Waals surface area contributed by atoms with Crippen molar-refractivity contribution in [3.05, 3.63) is 0 Å². The summed E-state index contributed by atoms with van der Waals surface area (Å²) in [4.78, 5) is 15.0. The number of hydrogen-bond donors (Lipinski definition) is 2. The van der Waals surface area contributed by atoms with Crippen LogP contribution < -0.4 is 11.1 Å². The lowest BCUT2D eigenvalue weighted by molar-refractivity contribution is -0.136. The van der Waals surface area contributed by atoms with Crippen LogP contribution >= 0.6 is 0 Å². The van der Waals surface area contributed by atoms with E-state index in [2.05, 4.69) is 24.1 Å². The minimum absolute atomic E-state index is 0.135. The van der Waals surface area contributed by atoms with Crippen LogP contribution in [-0.2, 0) is 9.53 Å². The van der Waals surface area contributed by atoms with Crippen LogP contribution in [0.15, 0.2) is 0 Å². The maximum absolute atomic E-state index is 12.5. The lowest BCUT2D eigenvalue weighted by Crippen LogP contribution is -2.50. The number of amides is 1. The van der Waals surface area contributed by atoms with Gasteiger partial charge in [-0.1, -0.05) is 13.8 Å². The SMILES string of the molecule is CC(C)CN1CCC(CNC(=O)C2(CN)CCOCC2)C1. The molecule has 2 rings (SSSR count). The summed E-state index contributed by atoms with van der Waals surface area (Å²) >= 11 is 0. The summed E-state index contributed by atoms with van der Waals surface area (Å²) in [6.45, 7) is 10.5. The van der Waals surface area contributed by atoms with E-state index in [-0.39, 0.29) is 5.91 Å². The molecule has 2 aliphatic rings. The molecule has 122 valence electrons. The van der Waals surface area contributed by atoms with Crippen LogP contribution in [0.5, 0.6) is 0 Å². The summed E-state index contributed by atoms with van der Waals surface area (Å²) < 4.78 is 5.36. The normalized spacial score (nSPS) is 26.2. The van der Waals surface area contributed by atoms with Gasteiger partial charge in [0.15, 0.2) is 0 Å². The van der Waals surface area contributed by atoms with Crippen LogP contribution in [-0.4, -0.2) is 56.7 Å². The zero-order valence-corrected chi connectivity index (χ0v) is 13.6. The van der Waals surface area contributed by atoms with E-state index in [0.717, 1.165) is 39.0 Å². The fourth-order valence-corrected chi connectivity index (χ4v) is 3.47. The second-order valence-corrected chi connectivity index (χ2v) is 7.11. The Bertz CT molecular complexity index is 340. The third kappa shape index (κ3) is 4.41. The van der Waals surface area contributed by atoms with Crippen molar-refractivity contribution in [2.75, 3.05) is 45.9 Å². The smallest absolute Gasteiger partial charge is 0.227 e. The number of likely N-dealkylation sites (tertiary alicyclic amines) is 1. The Morgan fingerprint density at radius 2 is 2.14 bits per heavy atom. The molecule has 0 aromatic carbocycles. The molecule has 0 saturated carbocycles. The van der Waals surface area contributed by atoms with Crippen molar-refractivity contribution in [1.29, 1.82) is 0 Å². The van der Waals surface area contributed by atoms with E-state index in [1.807, 2.05) is 0 Å². The van der Waals surface area contributed by atoms with Gasteiger partial charge in [0.05, 0.1) is 5.41 Å². The van der Waals surface area contributed by atoms with Gasteiger partial charge in [0.1, 0.15) is 0 Å². The first kappa shape index (κ1) is 16.7. The van der Waals surface area contributed by atoms with Crippen LogP contribution in [0.2, 0.25) is 0 Å². The number of ether oxygens (including phenoxy) is 1. The third-order valence-electron chi connectivity index (χ3n) is 4.87. The summed E-state index contributed by atoms with van der Waals surface area (Å²) in [5.41, 5.74) is 5.48. The molecule has 0 radical (unpaired) electrons. The van der Waals surface area contributed by atoms with Gasteiger partial charge in [-0.25, -0.2) is 0 Å². The second kappa shape index (κ2) is 7.56. The van der Waals surface area contributed by atoms with Crippen molar-refractivity contribution >= 4 is 5.91 Å². The maximum Gasteiger partial charge on any atom is 0.227 e. The largest absolute Gasteiger partial charge is 0.381 e. The molecule has 0 spiro atoms. The zero-order chi connectivity index (χ0) is 15.3. The van der Waals surface area contributed by atoms with Gasteiger partial charge < -0.3 is 20.7 Å². The van der Waals surface area contributed by atoms with E-state index in [0.29, 0.717) is 31.6 Å². The van der Waals surface area contributed by atoms with Crippen LogP contribution in [0.3, 0.4) is 0 Å². The number of hydrogen-bond acceptors (Lipinski definition) is 4. The molecule has 2 heterocycles. The molecule has 5 nitrogen and oxygen atoms in total. The Morgan fingerprint density at radius 3 is 2.76 bits per heavy atom. The molecular formula is C16H31N3O2. The van der Waals surface area contributed by atoms with Crippen molar-refractivity contribution < 1.29 is 9.53 Å². The zero-order valence-electron chi connectivity index (χ0n) is 13.6. The fourth-order valence-electron chi connectivity index (χ4n) is 3.47. The highest BCUT2D eigenvalue weighted by atomic mass is 16.5. The summed E-state index contributed by atoms with van der Waals surface area (Å²) in [6.07, 6.45) is 2.69. The van der Waals surface area contributed by atoms with Crippen LogP contribution in [0.25, 0.3) is 0 Å². The number of rotatable bonds is 6. The van der Waals surface area contributed by atoms with Crippen molar-refractivity contribution in [2.45, 2.75) is 33.1 Å². The minimum Gasteiger partial charge on any atom is -0.381 e. The van der Waals surface area contributed by atoms with Crippen molar-refractivity contribution in [1.82, 2.24) is 10.2 Å². The molecule has 21 heavy (non-hydrogen) atoms. The molecule has 0 aliphatic carbocycles. The van der Waals surface area contributed by atoms with E-state index in [4.69, 9.17) is 10.5 Å².